The van der Waals surface area contributed by atoms with Crippen molar-refractivity contribution in [2.24, 2.45) is 4.99 Å². The highest BCUT2D eigenvalue weighted by molar-refractivity contribution is 7.16. The highest BCUT2D eigenvalue weighted by Crippen LogP contribution is 2.28. The first-order valence-corrected chi connectivity index (χ1v) is 10.3. The number of fused-ring (bicyclic) bond motifs is 1. The summed E-state index contributed by atoms with van der Waals surface area (Å²) in [5, 5.41) is 0.563. The molecule has 0 fully saturated rings. The number of benzene rings is 2. The van der Waals surface area contributed by atoms with Crippen LogP contribution >= 0.6 is 22.9 Å². The van der Waals surface area contributed by atoms with Gasteiger partial charge in [0.1, 0.15) is 18.0 Å². The van der Waals surface area contributed by atoms with Crippen LogP contribution in [0.2, 0.25) is 5.02 Å². The van der Waals surface area contributed by atoms with Gasteiger partial charge in [0.15, 0.2) is 4.80 Å². The van der Waals surface area contributed by atoms with Crippen LogP contribution in [0.25, 0.3) is 10.2 Å². The van der Waals surface area contributed by atoms with Crippen molar-refractivity contribution < 1.29 is 23.8 Å². The van der Waals surface area contributed by atoms with Crippen molar-refractivity contribution in [3.63, 3.8) is 0 Å². The van der Waals surface area contributed by atoms with Crippen molar-refractivity contribution in [2.75, 3.05) is 20.8 Å². The lowest BCUT2D eigenvalue weighted by Gasteiger charge is -2.09. The molecule has 0 saturated heterocycles. The number of thiazole rings is 1. The summed E-state index contributed by atoms with van der Waals surface area (Å²) >= 11 is 7.58. The minimum absolute atomic E-state index is 0.0825. The second-order valence-corrected chi connectivity index (χ2v) is 7.69. The highest BCUT2D eigenvalue weighted by atomic mass is 35.5. The van der Waals surface area contributed by atoms with Crippen LogP contribution in [0.4, 0.5) is 0 Å². The Morgan fingerprint density at radius 2 is 1.93 bits per heavy atom. The van der Waals surface area contributed by atoms with E-state index >= 15 is 0 Å². The quantitative estimate of drug-likeness (QED) is 0.533. The summed E-state index contributed by atoms with van der Waals surface area (Å²) in [5.74, 6) is -0.0109. The van der Waals surface area contributed by atoms with Gasteiger partial charge in [-0.05, 0) is 43.7 Å². The third-order valence-corrected chi connectivity index (χ3v) is 5.91. The van der Waals surface area contributed by atoms with E-state index in [2.05, 4.69) is 4.99 Å². The number of amides is 1. The number of halogens is 1. The Balaban J connectivity index is 2.17. The summed E-state index contributed by atoms with van der Waals surface area (Å²) in [6, 6.07) is 8.49. The number of methoxy groups -OCH3 is 2. The first-order chi connectivity index (χ1) is 14.4. The Kier molecular flexibility index (Phi) is 6.79. The molecule has 3 rings (SSSR count). The maximum Gasteiger partial charge on any atom is 0.326 e. The minimum atomic E-state index is -0.498. The number of ether oxygens (including phenoxy) is 3. The maximum absolute atomic E-state index is 12.9. The predicted molar refractivity (Wildman–Crippen MR) is 116 cm³/mol. The van der Waals surface area contributed by atoms with Gasteiger partial charge < -0.3 is 18.8 Å². The predicted octanol–water partition coefficient (Wildman–Crippen LogP) is 3.99. The second kappa shape index (κ2) is 9.32. The summed E-state index contributed by atoms with van der Waals surface area (Å²) < 4.78 is 18.1. The molecule has 0 spiro atoms. The standard InChI is InChI=1S/C21H21ClN2O5S/c1-5-29-18(25)11-24-19-12(2)15(22)8-9-17(19)30-21(24)23-20(26)14-7-6-13(27-3)10-16(14)28-4/h6-10H,5,11H2,1-4H3. The van der Waals surface area contributed by atoms with Gasteiger partial charge in [0.25, 0.3) is 5.91 Å². The average molecular weight is 449 g/mol. The summed E-state index contributed by atoms with van der Waals surface area (Å²) in [4.78, 5) is 29.8. The molecule has 7 nitrogen and oxygen atoms in total. The van der Waals surface area contributed by atoms with Crippen LogP contribution in [-0.2, 0) is 16.1 Å². The summed E-state index contributed by atoms with van der Waals surface area (Å²) in [5.41, 5.74) is 1.83. The van der Waals surface area contributed by atoms with Crippen molar-refractivity contribution >= 4 is 45.0 Å². The van der Waals surface area contributed by atoms with Gasteiger partial charge in [-0.25, -0.2) is 0 Å². The fraction of sp³-hybridized carbons (Fsp3) is 0.286. The van der Waals surface area contributed by atoms with E-state index in [1.165, 1.54) is 25.6 Å². The highest BCUT2D eigenvalue weighted by Gasteiger charge is 2.17. The Labute approximate surface area is 182 Å². The molecule has 30 heavy (non-hydrogen) atoms. The third-order valence-electron chi connectivity index (χ3n) is 4.46. The van der Waals surface area contributed by atoms with E-state index < -0.39 is 11.9 Å². The fourth-order valence-corrected chi connectivity index (χ4v) is 4.25. The zero-order valence-corrected chi connectivity index (χ0v) is 18.6. The van der Waals surface area contributed by atoms with E-state index in [4.69, 9.17) is 25.8 Å². The Morgan fingerprint density at radius 1 is 1.17 bits per heavy atom. The van der Waals surface area contributed by atoms with E-state index in [9.17, 15) is 9.59 Å². The smallest absolute Gasteiger partial charge is 0.326 e. The van der Waals surface area contributed by atoms with Gasteiger partial charge in [-0.3, -0.25) is 9.59 Å². The van der Waals surface area contributed by atoms with E-state index in [1.54, 1.807) is 35.8 Å². The molecule has 9 heteroatoms. The molecule has 1 aromatic heterocycles. The van der Waals surface area contributed by atoms with Crippen LogP contribution < -0.4 is 14.3 Å². The number of carbonyl (C=O) groups is 2. The molecule has 0 N–H and O–H groups in total. The number of aromatic nitrogens is 1. The zero-order valence-electron chi connectivity index (χ0n) is 17.0. The first-order valence-electron chi connectivity index (χ1n) is 9.14. The van der Waals surface area contributed by atoms with Crippen molar-refractivity contribution in [2.45, 2.75) is 20.4 Å². The van der Waals surface area contributed by atoms with Crippen LogP contribution in [0.1, 0.15) is 22.8 Å². The summed E-state index contributed by atoms with van der Waals surface area (Å²) in [6.45, 7) is 3.77. The molecule has 158 valence electrons. The van der Waals surface area contributed by atoms with Crippen molar-refractivity contribution in [3.8, 4) is 11.5 Å². The van der Waals surface area contributed by atoms with E-state index in [0.717, 1.165) is 15.8 Å². The number of aryl methyl sites for hydroxylation is 1. The number of nitrogens with zero attached hydrogens (tertiary/aromatic N) is 2. The van der Waals surface area contributed by atoms with Gasteiger partial charge in [-0.15, -0.1) is 0 Å². The van der Waals surface area contributed by atoms with Gasteiger partial charge in [0, 0.05) is 11.1 Å². The molecule has 0 unspecified atom stereocenters. The molecule has 0 aliphatic heterocycles. The van der Waals surface area contributed by atoms with Crippen molar-refractivity contribution in [1.82, 2.24) is 4.57 Å². The van der Waals surface area contributed by atoms with E-state index in [-0.39, 0.29) is 18.7 Å². The number of esters is 1. The van der Waals surface area contributed by atoms with Crippen LogP contribution in [0, 0.1) is 6.92 Å². The molecule has 0 atom stereocenters. The molecule has 3 aromatic rings. The maximum atomic E-state index is 12.9. The third kappa shape index (κ3) is 4.34. The van der Waals surface area contributed by atoms with Crippen LogP contribution in [0.15, 0.2) is 35.3 Å². The number of hydrogen-bond donors (Lipinski definition) is 0. The molecule has 0 saturated carbocycles. The topological polar surface area (TPSA) is 79.1 Å². The lowest BCUT2D eigenvalue weighted by Crippen LogP contribution is -2.23. The normalized spacial score (nSPS) is 11.6. The summed E-state index contributed by atoms with van der Waals surface area (Å²) in [7, 11) is 3.00. The molecule has 0 aliphatic rings. The second-order valence-electron chi connectivity index (χ2n) is 6.28. The molecule has 1 heterocycles. The molecule has 0 radical (unpaired) electrons. The molecular weight excluding hydrogens is 428 g/mol. The molecule has 1 amide bonds. The lowest BCUT2D eigenvalue weighted by molar-refractivity contribution is -0.143. The monoisotopic (exact) mass is 448 g/mol. The van der Waals surface area contributed by atoms with Crippen LogP contribution in [-0.4, -0.2) is 37.3 Å². The van der Waals surface area contributed by atoms with Gasteiger partial charge >= 0.3 is 5.97 Å². The minimum Gasteiger partial charge on any atom is -0.497 e. The van der Waals surface area contributed by atoms with E-state index in [0.29, 0.717) is 21.3 Å². The van der Waals surface area contributed by atoms with Crippen molar-refractivity contribution in [3.05, 3.63) is 51.3 Å². The Morgan fingerprint density at radius 3 is 2.60 bits per heavy atom. The molecular formula is C21H21ClN2O5S. The average Bonchev–Trinajstić information content (AvgIpc) is 3.07. The van der Waals surface area contributed by atoms with Crippen molar-refractivity contribution in [1.29, 1.82) is 0 Å². The van der Waals surface area contributed by atoms with Gasteiger partial charge in [-0.1, -0.05) is 22.9 Å². The Bertz CT molecular complexity index is 1180. The van der Waals surface area contributed by atoms with Gasteiger partial charge in [0.05, 0.1) is 36.6 Å². The molecule has 0 bridgehead atoms. The number of rotatable bonds is 6. The van der Waals surface area contributed by atoms with Gasteiger partial charge in [0.2, 0.25) is 0 Å². The Hall–Kier alpha value is -2.84. The van der Waals surface area contributed by atoms with Crippen LogP contribution in [0.3, 0.4) is 0 Å². The van der Waals surface area contributed by atoms with E-state index in [1.807, 2.05) is 13.0 Å². The molecule has 0 aliphatic carbocycles. The largest absolute Gasteiger partial charge is 0.497 e. The number of carbonyl (C=O) groups excluding carboxylic acids is 2. The van der Waals surface area contributed by atoms with Crippen LogP contribution in [0.5, 0.6) is 11.5 Å². The fourth-order valence-electron chi connectivity index (χ4n) is 3.01. The lowest BCUT2D eigenvalue weighted by atomic mass is 10.2. The SMILES string of the molecule is CCOC(=O)Cn1c(=NC(=O)c2ccc(OC)cc2OC)sc2ccc(Cl)c(C)c21. The van der Waals surface area contributed by atoms with Gasteiger partial charge in [-0.2, -0.15) is 4.99 Å². The summed E-state index contributed by atoms with van der Waals surface area (Å²) in [6.07, 6.45) is 0. The first kappa shape index (κ1) is 21.9. The number of hydrogen-bond acceptors (Lipinski definition) is 6. The zero-order chi connectivity index (χ0) is 21.8. The molecule has 2 aromatic carbocycles.